The first-order valence-electron chi connectivity index (χ1n) is 7.63. The van der Waals surface area contributed by atoms with Crippen LogP contribution in [0.15, 0.2) is 35.1 Å². The van der Waals surface area contributed by atoms with E-state index in [1.54, 1.807) is 6.07 Å². The van der Waals surface area contributed by atoms with Crippen LogP contribution in [0.4, 0.5) is 4.39 Å². The molecule has 0 saturated carbocycles. The van der Waals surface area contributed by atoms with Crippen LogP contribution in [0, 0.1) is 5.82 Å². The van der Waals surface area contributed by atoms with E-state index in [1.807, 2.05) is 0 Å². The van der Waals surface area contributed by atoms with Gasteiger partial charge in [-0.3, -0.25) is 0 Å². The summed E-state index contributed by atoms with van der Waals surface area (Å²) in [5.74, 6) is -0.776. The second-order valence-corrected chi connectivity index (χ2v) is 6.89. The molecular formula is C16H12BrFN4O4S. The van der Waals surface area contributed by atoms with Crippen LogP contribution in [0.5, 0.6) is 10.9 Å². The van der Waals surface area contributed by atoms with Crippen LogP contribution in [-0.4, -0.2) is 44.5 Å². The number of rotatable bonds is 8. The fourth-order valence-corrected chi connectivity index (χ4v) is 2.92. The average Bonchev–Trinajstić information content (AvgIpc) is 3.13. The minimum Gasteiger partial charge on any atom is -0.492 e. The highest BCUT2D eigenvalue weighted by Crippen LogP contribution is 2.26. The van der Waals surface area contributed by atoms with E-state index >= 15 is 0 Å². The number of carboxylic acid groups (broad SMARTS) is 1. The summed E-state index contributed by atoms with van der Waals surface area (Å²) in [6.07, 6.45) is 2.96. The molecule has 3 rings (SSSR count). The fourth-order valence-electron chi connectivity index (χ4n) is 1.90. The topological polar surface area (TPSA) is 107 Å². The maximum absolute atomic E-state index is 13.2. The quantitative estimate of drug-likeness (QED) is 0.515. The zero-order chi connectivity index (χ0) is 19.2. The molecule has 27 heavy (non-hydrogen) atoms. The van der Waals surface area contributed by atoms with Crippen molar-refractivity contribution in [2.24, 2.45) is 0 Å². The van der Waals surface area contributed by atoms with Gasteiger partial charge in [0.2, 0.25) is 0 Å². The van der Waals surface area contributed by atoms with Crippen LogP contribution >= 0.6 is 27.3 Å². The Balaban J connectivity index is 1.47. The standard InChI is InChI=1S/C16H12BrFN4O4S/c17-11-3-2-10(18)6-12(11)25-4-1-5-26-16-22-21-14(27-16)13-19-7-9(8-20-13)15(23)24/h2-3,6-8H,1,4-5H2,(H,23,24). The molecule has 0 amide bonds. The summed E-state index contributed by atoms with van der Waals surface area (Å²) >= 11 is 4.43. The molecule has 0 saturated heterocycles. The van der Waals surface area contributed by atoms with E-state index in [0.29, 0.717) is 40.1 Å². The molecule has 0 spiro atoms. The van der Waals surface area contributed by atoms with Crippen molar-refractivity contribution in [1.82, 2.24) is 20.2 Å². The molecule has 1 aromatic carbocycles. The normalized spacial score (nSPS) is 10.6. The molecule has 0 bridgehead atoms. The summed E-state index contributed by atoms with van der Waals surface area (Å²) in [5, 5.41) is 17.4. The van der Waals surface area contributed by atoms with E-state index in [-0.39, 0.29) is 17.2 Å². The number of aromatic carboxylic acids is 1. The Labute approximate surface area is 165 Å². The van der Waals surface area contributed by atoms with Gasteiger partial charge in [0.25, 0.3) is 5.19 Å². The van der Waals surface area contributed by atoms with Gasteiger partial charge in [0.15, 0.2) is 10.8 Å². The van der Waals surface area contributed by atoms with Crippen molar-refractivity contribution >= 4 is 33.2 Å². The minimum absolute atomic E-state index is 0.00956. The molecule has 0 aliphatic heterocycles. The van der Waals surface area contributed by atoms with Crippen LogP contribution in [0.2, 0.25) is 0 Å². The summed E-state index contributed by atoms with van der Waals surface area (Å²) in [6.45, 7) is 0.674. The number of hydrogen-bond acceptors (Lipinski definition) is 8. The highest BCUT2D eigenvalue weighted by atomic mass is 79.9. The van der Waals surface area contributed by atoms with Gasteiger partial charge in [0, 0.05) is 24.9 Å². The first-order valence-corrected chi connectivity index (χ1v) is 9.24. The van der Waals surface area contributed by atoms with Crippen molar-refractivity contribution in [3.05, 3.63) is 46.4 Å². The summed E-state index contributed by atoms with van der Waals surface area (Å²) in [6, 6.07) is 4.22. The second kappa shape index (κ2) is 8.82. The number of hydrogen-bond donors (Lipinski definition) is 1. The molecule has 140 valence electrons. The van der Waals surface area contributed by atoms with Gasteiger partial charge >= 0.3 is 5.97 Å². The van der Waals surface area contributed by atoms with Gasteiger partial charge in [0.05, 0.1) is 23.2 Å². The van der Waals surface area contributed by atoms with Crippen molar-refractivity contribution in [1.29, 1.82) is 0 Å². The number of aromatic nitrogens is 4. The second-order valence-electron chi connectivity index (χ2n) is 5.10. The lowest BCUT2D eigenvalue weighted by Gasteiger charge is -2.08. The highest BCUT2D eigenvalue weighted by Gasteiger charge is 2.12. The average molecular weight is 455 g/mol. The Bertz CT molecular complexity index is 938. The summed E-state index contributed by atoms with van der Waals surface area (Å²) in [7, 11) is 0. The molecule has 0 aliphatic rings. The zero-order valence-corrected chi connectivity index (χ0v) is 16.0. The maximum Gasteiger partial charge on any atom is 0.338 e. The Kier molecular flexibility index (Phi) is 6.24. The number of carboxylic acids is 1. The van der Waals surface area contributed by atoms with Crippen molar-refractivity contribution < 1.29 is 23.8 Å². The Morgan fingerprint density at radius 3 is 2.67 bits per heavy atom. The van der Waals surface area contributed by atoms with E-state index < -0.39 is 5.97 Å². The van der Waals surface area contributed by atoms with E-state index in [2.05, 4.69) is 36.1 Å². The predicted octanol–water partition coefficient (Wildman–Crippen LogP) is 3.44. The molecule has 8 nitrogen and oxygen atoms in total. The largest absolute Gasteiger partial charge is 0.492 e. The van der Waals surface area contributed by atoms with Gasteiger partial charge in [-0.05, 0) is 28.1 Å². The molecule has 2 heterocycles. The van der Waals surface area contributed by atoms with Crippen LogP contribution < -0.4 is 9.47 Å². The van der Waals surface area contributed by atoms with Crippen LogP contribution in [-0.2, 0) is 0 Å². The summed E-state index contributed by atoms with van der Waals surface area (Å²) in [5.41, 5.74) is -0.00956. The monoisotopic (exact) mass is 454 g/mol. The molecule has 0 atom stereocenters. The van der Waals surface area contributed by atoms with Gasteiger partial charge in [-0.1, -0.05) is 16.4 Å². The minimum atomic E-state index is -1.10. The third-order valence-corrected chi connectivity index (χ3v) is 4.65. The van der Waals surface area contributed by atoms with Crippen LogP contribution in [0.1, 0.15) is 16.8 Å². The first kappa shape index (κ1) is 19.1. The van der Waals surface area contributed by atoms with Gasteiger partial charge in [0.1, 0.15) is 11.6 Å². The lowest BCUT2D eigenvalue weighted by atomic mass is 10.3. The van der Waals surface area contributed by atoms with E-state index in [0.717, 1.165) is 11.3 Å². The van der Waals surface area contributed by atoms with Gasteiger partial charge in [-0.25, -0.2) is 19.2 Å². The predicted molar refractivity (Wildman–Crippen MR) is 97.6 cm³/mol. The van der Waals surface area contributed by atoms with Crippen molar-refractivity contribution in [3.63, 3.8) is 0 Å². The molecular weight excluding hydrogens is 443 g/mol. The lowest BCUT2D eigenvalue weighted by Crippen LogP contribution is -2.05. The number of benzene rings is 1. The zero-order valence-electron chi connectivity index (χ0n) is 13.6. The Hall–Kier alpha value is -2.66. The number of carbonyl (C=O) groups is 1. The number of nitrogens with zero attached hydrogens (tertiary/aromatic N) is 4. The molecule has 0 radical (unpaired) electrons. The third-order valence-electron chi connectivity index (χ3n) is 3.16. The molecule has 0 unspecified atom stereocenters. The fraction of sp³-hybridized carbons (Fsp3) is 0.188. The molecule has 3 aromatic rings. The Morgan fingerprint density at radius 1 is 1.19 bits per heavy atom. The smallest absolute Gasteiger partial charge is 0.338 e. The highest BCUT2D eigenvalue weighted by molar-refractivity contribution is 9.10. The van der Waals surface area contributed by atoms with Crippen molar-refractivity contribution in [3.8, 4) is 21.8 Å². The van der Waals surface area contributed by atoms with Crippen LogP contribution in [0.25, 0.3) is 10.8 Å². The lowest BCUT2D eigenvalue weighted by molar-refractivity contribution is 0.0696. The van der Waals surface area contributed by atoms with E-state index in [4.69, 9.17) is 14.6 Å². The number of halogens is 2. The molecule has 0 fully saturated rings. The third kappa shape index (κ3) is 5.17. The summed E-state index contributed by atoms with van der Waals surface area (Å²) < 4.78 is 24.8. The molecule has 1 N–H and O–H groups in total. The van der Waals surface area contributed by atoms with E-state index in [9.17, 15) is 9.18 Å². The van der Waals surface area contributed by atoms with Gasteiger partial charge in [-0.15, -0.1) is 5.10 Å². The SMILES string of the molecule is O=C(O)c1cnc(-c2nnc(OCCCOc3cc(F)ccc3Br)s2)nc1. The number of ether oxygens (including phenoxy) is 2. The van der Waals surface area contributed by atoms with Crippen molar-refractivity contribution in [2.75, 3.05) is 13.2 Å². The van der Waals surface area contributed by atoms with Crippen molar-refractivity contribution in [2.45, 2.75) is 6.42 Å². The van der Waals surface area contributed by atoms with Crippen LogP contribution in [0.3, 0.4) is 0 Å². The maximum atomic E-state index is 13.2. The van der Waals surface area contributed by atoms with Gasteiger partial charge < -0.3 is 14.6 Å². The Morgan fingerprint density at radius 2 is 1.93 bits per heavy atom. The van der Waals surface area contributed by atoms with E-state index in [1.165, 1.54) is 24.5 Å². The summed E-state index contributed by atoms with van der Waals surface area (Å²) in [4.78, 5) is 18.7. The molecule has 11 heteroatoms. The van der Waals surface area contributed by atoms with Gasteiger partial charge in [-0.2, -0.15) is 0 Å². The first-order chi connectivity index (χ1) is 13.0. The molecule has 2 aromatic heterocycles. The molecule has 0 aliphatic carbocycles.